The van der Waals surface area contributed by atoms with Crippen LogP contribution in [0, 0.1) is 0 Å². The Morgan fingerprint density at radius 1 is 1.15 bits per heavy atom. The van der Waals surface area contributed by atoms with Gasteiger partial charge in [0.15, 0.2) is 0 Å². The highest BCUT2D eigenvalue weighted by molar-refractivity contribution is 5.86. The molecular weight excluding hydrogens is 297 g/mol. The van der Waals surface area contributed by atoms with E-state index in [2.05, 4.69) is 17.1 Å². The van der Waals surface area contributed by atoms with Gasteiger partial charge in [0.05, 0.1) is 5.54 Å². The number of nitrogens with one attached hydrogen (secondary N) is 1. The van der Waals surface area contributed by atoms with Gasteiger partial charge >= 0.3 is 0 Å². The van der Waals surface area contributed by atoms with Gasteiger partial charge in [-0.25, -0.2) is 0 Å². The lowest BCUT2D eigenvalue weighted by molar-refractivity contribution is -0.126. The van der Waals surface area contributed by atoms with E-state index in [1.165, 1.54) is 32.4 Å². The fraction of sp³-hybridized carbons (Fsp3) is 0.929. The van der Waals surface area contributed by atoms with E-state index in [4.69, 9.17) is 5.73 Å². The number of hydrogen-bond donors (Lipinski definition) is 2. The van der Waals surface area contributed by atoms with Gasteiger partial charge < -0.3 is 16.0 Å². The zero-order chi connectivity index (χ0) is 13.0. The highest BCUT2D eigenvalue weighted by Gasteiger charge is 2.37. The molecule has 1 aliphatic heterocycles. The van der Waals surface area contributed by atoms with Crippen molar-refractivity contribution in [2.45, 2.75) is 63.5 Å². The molecule has 120 valence electrons. The minimum absolute atomic E-state index is 0. The number of nitrogens with zero attached hydrogens (tertiary/aromatic N) is 1. The topological polar surface area (TPSA) is 58.4 Å². The lowest BCUT2D eigenvalue weighted by Gasteiger charge is -2.31. The van der Waals surface area contributed by atoms with Crippen LogP contribution in [0.1, 0.15) is 51.9 Å². The van der Waals surface area contributed by atoms with Gasteiger partial charge in [-0.3, -0.25) is 4.79 Å². The minimum Gasteiger partial charge on any atom is -0.351 e. The first-order chi connectivity index (χ1) is 8.60. The third-order valence-corrected chi connectivity index (χ3v) is 4.31. The lowest BCUT2D eigenvalue weighted by atomic mass is 9.97. The lowest BCUT2D eigenvalue weighted by Crippen LogP contribution is -2.55. The van der Waals surface area contributed by atoms with E-state index in [1.807, 2.05) is 0 Å². The molecule has 1 saturated heterocycles. The van der Waals surface area contributed by atoms with Crippen LogP contribution in [0.2, 0.25) is 0 Å². The van der Waals surface area contributed by atoms with Gasteiger partial charge in [0, 0.05) is 12.6 Å². The number of amides is 1. The molecule has 1 aliphatic carbocycles. The molecule has 0 spiro atoms. The fourth-order valence-corrected chi connectivity index (χ4v) is 3.18. The molecule has 0 bridgehead atoms. The molecule has 2 rings (SSSR count). The number of rotatable bonds is 4. The Hall–Kier alpha value is -0.0300. The fourth-order valence-electron chi connectivity index (χ4n) is 3.18. The zero-order valence-corrected chi connectivity index (χ0v) is 14.0. The first-order valence-electron chi connectivity index (χ1n) is 7.42. The maximum absolute atomic E-state index is 12.2. The largest absolute Gasteiger partial charge is 0.351 e. The van der Waals surface area contributed by atoms with Crippen molar-refractivity contribution < 1.29 is 4.79 Å². The normalized spacial score (nSPS) is 23.3. The maximum Gasteiger partial charge on any atom is 0.240 e. The molecule has 20 heavy (non-hydrogen) atoms. The van der Waals surface area contributed by atoms with E-state index in [0.717, 1.165) is 32.2 Å². The van der Waals surface area contributed by atoms with E-state index in [9.17, 15) is 4.79 Å². The number of nitrogens with two attached hydrogens (primary N) is 1. The van der Waals surface area contributed by atoms with Crippen LogP contribution in [0.25, 0.3) is 0 Å². The van der Waals surface area contributed by atoms with Crippen LogP contribution in [-0.2, 0) is 4.79 Å². The van der Waals surface area contributed by atoms with Crippen LogP contribution in [0.5, 0.6) is 0 Å². The molecule has 1 atom stereocenters. The number of carbonyl (C=O) groups excluding carboxylic acids is 1. The van der Waals surface area contributed by atoms with Crippen LogP contribution in [0.15, 0.2) is 0 Å². The molecule has 1 amide bonds. The van der Waals surface area contributed by atoms with Crippen LogP contribution in [0.4, 0.5) is 0 Å². The molecule has 1 unspecified atom stereocenters. The van der Waals surface area contributed by atoms with Gasteiger partial charge in [0.25, 0.3) is 0 Å². The Kier molecular flexibility index (Phi) is 9.07. The van der Waals surface area contributed by atoms with Crippen molar-refractivity contribution in [3.63, 3.8) is 0 Å². The molecule has 4 nitrogen and oxygen atoms in total. The van der Waals surface area contributed by atoms with Crippen molar-refractivity contribution in [2.24, 2.45) is 5.73 Å². The molecule has 2 aliphatic rings. The second-order valence-electron chi connectivity index (χ2n) is 6.10. The summed E-state index contributed by atoms with van der Waals surface area (Å²) in [5.41, 5.74) is 5.57. The second-order valence-corrected chi connectivity index (χ2v) is 6.10. The van der Waals surface area contributed by atoms with Gasteiger partial charge in [0.2, 0.25) is 5.91 Å². The zero-order valence-electron chi connectivity index (χ0n) is 12.4. The Balaban J connectivity index is 0.00000180. The van der Waals surface area contributed by atoms with Crippen molar-refractivity contribution >= 4 is 30.7 Å². The number of carbonyl (C=O) groups is 1. The summed E-state index contributed by atoms with van der Waals surface area (Å²) in [4.78, 5) is 14.6. The summed E-state index contributed by atoms with van der Waals surface area (Å²) >= 11 is 0. The van der Waals surface area contributed by atoms with Gasteiger partial charge in [-0.15, -0.1) is 24.8 Å². The molecule has 3 N–H and O–H groups in total. The molecular formula is C14H29Cl2N3O. The highest BCUT2D eigenvalue weighted by Crippen LogP contribution is 2.27. The second kappa shape index (κ2) is 9.08. The molecule has 0 radical (unpaired) electrons. The quantitative estimate of drug-likeness (QED) is 0.832. The van der Waals surface area contributed by atoms with E-state index >= 15 is 0 Å². The predicted molar refractivity (Wildman–Crippen MR) is 87.8 cm³/mol. The van der Waals surface area contributed by atoms with E-state index in [0.29, 0.717) is 0 Å². The number of piperidine rings is 1. The molecule has 0 aromatic rings. The van der Waals surface area contributed by atoms with Crippen LogP contribution in [-0.4, -0.2) is 42.0 Å². The smallest absolute Gasteiger partial charge is 0.240 e. The van der Waals surface area contributed by atoms with Crippen LogP contribution in [0.3, 0.4) is 0 Å². The van der Waals surface area contributed by atoms with Crippen molar-refractivity contribution in [1.82, 2.24) is 10.2 Å². The Morgan fingerprint density at radius 3 is 2.25 bits per heavy atom. The molecule has 0 aromatic carbocycles. The molecule has 6 heteroatoms. The third-order valence-electron chi connectivity index (χ3n) is 4.31. The summed E-state index contributed by atoms with van der Waals surface area (Å²) in [6, 6.07) is 0.205. The monoisotopic (exact) mass is 325 g/mol. The Labute approximate surface area is 135 Å². The molecule has 1 saturated carbocycles. The minimum atomic E-state index is -0.587. The van der Waals surface area contributed by atoms with Gasteiger partial charge in [-0.2, -0.15) is 0 Å². The molecule has 0 aromatic heterocycles. The average molecular weight is 326 g/mol. The summed E-state index contributed by atoms with van der Waals surface area (Å²) in [5, 5.41) is 3.10. The number of hydrogen-bond acceptors (Lipinski definition) is 3. The first-order valence-corrected chi connectivity index (χ1v) is 7.42. The summed E-state index contributed by atoms with van der Waals surface area (Å²) < 4.78 is 0. The van der Waals surface area contributed by atoms with Crippen LogP contribution >= 0.6 is 24.8 Å². The number of likely N-dealkylation sites (tertiary alicyclic amines) is 1. The van der Waals surface area contributed by atoms with Crippen molar-refractivity contribution in [1.29, 1.82) is 0 Å². The van der Waals surface area contributed by atoms with E-state index < -0.39 is 5.54 Å². The van der Waals surface area contributed by atoms with Crippen molar-refractivity contribution in [3.05, 3.63) is 0 Å². The summed E-state index contributed by atoms with van der Waals surface area (Å²) in [7, 11) is 0. The summed E-state index contributed by atoms with van der Waals surface area (Å²) in [6.07, 6.45) is 7.80. The standard InChI is InChI=1S/C14H27N3O.2ClH/c1-12(11-17-9-5-2-6-10-17)16-13(18)14(15)7-3-4-8-14;;/h12H,2-11,15H2,1H3,(H,16,18);2*1H. The van der Waals surface area contributed by atoms with E-state index in [-0.39, 0.29) is 36.8 Å². The summed E-state index contributed by atoms with van der Waals surface area (Å²) in [5.74, 6) is 0.0597. The van der Waals surface area contributed by atoms with Crippen LogP contribution < -0.4 is 11.1 Å². The Bertz CT molecular complexity index is 290. The van der Waals surface area contributed by atoms with Gasteiger partial charge in [-0.1, -0.05) is 19.3 Å². The van der Waals surface area contributed by atoms with E-state index in [1.54, 1.807) is 0 Å². The number of halogens is 2. The molecule has 2 fully saturated rings. The van der Waals surface area contributed by atoms with Crippen molar-refractivity contribution in [3.8, 4) is 0 Å². The molecule has 1 heterocycles. The highest BCUT2D eigenvalue weighted by atomic mass is 35.5. The van der Waals surface area contributed by atoms with Gasteiger partial charge in [-0.05, 0) is 45.7 Å². The third kappa shape index (κ3) is 5.40. The SMILES string of the molecule is CC(CN1CCCCC1)NC(=O)C1(N)CCCC1.Cl.Cl. The summed E-state index contributed by atoms with van der Waals surface area (Å²) in [6.45, 7) is 5.40. The van der Waals surface area contributed by atoms with Gasteiger partial charge in [0.1, 0.15) is 0 Å². The average Bonchev–Trinajstić information content (AvgIpc) is 2.78. The van der Waals surface area contributed by atoms with Crippen molar-refractivity contribution in [2.75, 3.05) is 19.6 Å². The predicted octanol–water partition coefficient (Wildman–Crippen LogP) is 2.09. The first kappa shape index (κ1) is 20.0. The maximum atomic E-state index is 12.2. The Morgan fingerprint density at radius 2 is 1.70 bits per heavy atom.